The number of para-hydroxylation sites is 1. The molecule has 1 atom stereocenters. The molecule has 0 amide bonds. The van der Waals surface area contributed by atoms with E-state index in [9.17, 15) is 0 Å². The number of aliphatic hydroxyl groups is 1. The topological polar surface area (TPSA) is 44.3 Å². The van der Waals surface area contributed by atoms with Crippen LogP contribution in [0, 0.1) is 0 Å². The number of thiocarbonyl (C=S) groups is 1. The molecule has 17 heavy (non-hydrogen) atoms. The van der Waals surface area contributed by atoms with Crippen molar-refractivity contribution in [2.75, 3.05) is 11.9 Å². The van der Waals surface area contributed by atoms with Crippen LogP contribution in [0.1, 0.15) is 13.3 Å². The molecule has 3 nitrogen and oxygen atoms in total. The van der Waals surface area contributed by atoms with E-state index < -0.39 is 0 Å². The number of halogens is 2. The van der Waals surface area contributed by atoms with E-state index in [1.807, 2.05) is 6.92 Å². The van der Waals surface area contributed by atoms with Crippen molar-refractivity contribution in [3.05, 3.63) is 28.2 Å². The van der Waals surface area contributed by atoms with Gasteiger partial charge in [0.15, 0.2) is 5.11 Å². The Labute approximate surface area is 116 Å². The lowest BCUT2D eigenvalue weighted by molar-refractivity contribution is 0.253. The van der Waals surface area contributed by atoms with Crippen LogP contribution < -0.4 is 10.6 Å². The third-order valence-corrected chi connectivity index (χ3v) is 3.10. The number of hydrogen-bond acceptors (Lipinski definition) is 2. The van der Waals surface area contributed by atoms with Gasteiger partial charge in [0.05, 0.1) is 28.4 Å². The van der Waals surface area contributed by atoms with Crippen molar-refractivity contribution in [1.29, 1.82) is 0 Å². The molecule has 1 aromatic carbocycles. The Hall–Kier alpha value is -0.550. The zero-order valence-electron chi connectivity index (χ0n) is 9.34. The van der Waals surface area contributed by atoms with Gasteiger partial charge in [-0.25, -0.2) is 0 Å². The third kappa shape index (κ3) is 4.32. The Morgan fingerprint density at radius 1 is 1.41 bits per heavy atom. The van der Waals surface area contributed by atoms with Gasteiger partial charge in [-0.05, 0) is 30.8 Å². The molecule has 94 valence electrons. The van der Waals surface area contributed by atoms with Crippen molar-refractivity contribution in [2.24, 2.45) is 0 Å². The van der Waals surface area contributed by atoms with Gasteiger partial charge in [-0.2, -0.15) is 0 Å². The minimum absolute atomic E-state index is 0.0224. The van der Waals surface area contributed by atoms with Crippen LogP contribution in [0.25, 0.3) is 0 Å². The average molecular weight is 293 g/mol. The lowest BCUT2D eigenvalue weighted by Gasteiger charge is -2.18. The highest BCUT2D eigenvalue weighted by molar-refractivity contribution is 7.80. The van der Waals surface area contributed by atoms with Crippen molar-refractivity contribution in [2.45, 2.75) is 19.4 Å². The molecule has 0 heterocycles. The molecule has 0 radical (unpaired) electrons. The summed E-state index contributed by atoms with van der Waals surface area (Å²) in [6.07, 6.45) is 0.772. The molecular formula is C11H14Cl2N2OS. The normalized spacial score (nSPS) is 12.0. The molecule has 0 bridgehead atoms. The minimum Gasteiger partial charge on any atom is -0.394 e. The first-order valence-electron chi connectivity index (χ1n) is 5.20. The smallest absolute Gasteiger partial charge is 0.171 e. The molecule has 6 heteroatoms. The summed E-state index contributed by atoms with van der Waals surface area (Å²) in [6, 6.07) is 5.13. The highest BCUT2D eigenvalue weighted by Gasteiger charge is 2.10. The maximum Gasteiger partial charge on any atom is 0.171 e. The van der Waals surface area contributed by atoms with E-state index in [2.05, 4.69) is 10.6 Å². The lowest BCUT2D eigenvalue weighted by atomic mass is 10.2. The predicted octanol–water partition coefficient (Wildman–Crippen LogP) is 3.05. The van der Waals surface area contributed by atoms with Crippen LogP contribution >= 0.6 is 35.4 Å². The number of anilines is 1. The second-order valence-electron chi connectivity index (χ2n) is 3.48. The molecule has 0 unspecified atom stereocenters. The van der Waals surface area contributed by atoms with Gasteiger partial charge >= 0.3 is 0 Å². The summed E-state index contributed by atoms with van der Waals surface area (Å²) in [4.78, 5) is 0. The predicted molar refractivity (Wildman–Crippen MR) is 77.0 cm³/mol. The van der Waals surface area contributed by atoms with Crippen LogP contribution in [0.2, 0.25) is 10.0 Å². The molecule has 1 rings (SSSR count). The monoisotopic (exact) mass is 292 g/mol. The molecular weight excluding hydrogens is 279 g/mol. The molecule has 0 aliphatic rings. The van der Waals surface area contributed by atoms with E-state index in [-0.39, 0.29) is 12.6 Å². The Morgan fingerprint density at radius 3 is 2.47 bits per heavy atom. The molecule has 0 aromatic heterocycles. The summed E-state index contributed by atoms with van der Waals surface area (Å²) >= 11 is 17.1. The molecule has 3 N–H and O–H groups in total. The fourth-order valence-corrected chi connectivity index (χ4v) is 1.99. The van der Waals surface area contributed by atoms with E-state index >= 15 is 0 Å². The highest BCUT2D eigenvalue weighted by atomic mass is 35.5. The second kappa shape index (κ2) is 7.01. The first-order chi connectivity index (χ1) is 8.08. The molecule has 1 aromatic rings. The van der Waals surface area contributed by atoms with Gasteiger partial charge in [0, 0.05) is 0 Å². The molecule has 0 saturated heterocycles. The molecule has 0 fully saturated rings. The van der Waals surface area contributed by atoms with Crippen LogP contribution in [0.15, 0.2) is 18.2 Å². The zero-order chi connectivity index (χ0) is 12.8. The Kier molecular flexibility index (Phi) is 5.98. The summed E-state index contributed by atoms with van der Waals surface area (Å²) in [5.41, 5.74) is 0.570. The molecule has 0 saturated carbocycles. The van der Waals surface area contributed by atoms with Gasteiger partial charge in [-0.3, -0.25) is 0 Å². The quantitative estimate of drug-likeness (QED) is 0.747. The van der Waals surface area contributed by atoms with E-state index in [0.717, 1.165) is 6.42 Å². The summed E-state index contributed by atoms with van der Waals surface area (Å²) in [5.74, 6) is 0. The number of aliphatic hydroxyl groups excluding tert-OH is 1. The number of nitrogens with one attached hydrogen (secondary N) is 2. The van der Waals surface area contributed by atoms with E-state index in [1.165, 1.54) is 0 Å². The van der Waals surface area contributed by atoms with Crippen LogP contribution in [-0.2, 0) is 0 Å². The van der Waals surface area contributed by atoms with Crippen LogP contribution in [0.4, 0.5) is 5.69 Å². The van der Waals surface area contributed by atoms with Gasteiger partial charge in [0.2, 0.25) is 0 Å². The molecule has 0 aliphatic heterocycles. The van der Waals surface area contributed by atoms with Crippen LogP contribution in [0.5, 0.6) is 0 Å². The minimum atomic E-state index is -0.0729. The van der Waals surface area contributed by atoms with Gasteiger partial charge in [0.1, 0.15) is 0 Å². The first-order valence-corrected chi connectivity index (χ1v) is 6.37. The summed E-state index contributed by atoms with van der Waals surface area (Å²) in [5, 5.41) is 16.3. The second-order valence-corrected chi connectivity index (χ2v) is 4.71. The number of hydrogen-bond donors (Lipinski definition) is 3. The Balaban J connectivity index is 2.68. The lowest BCUT2D eigenvalue weighted by Crippen LogP contribution is -2.39. The standard InChI is InChI=1S/C11H14Cl2N2OS/c1-2-7(6-16)14-11(17)15-10-8(12)4-3-5-9(10)13/h3-5,7,16H,2,6H2,1H3,(H2,14,15,17)/t7-/m0/s1. The summed E-state index contributed by atoms with van der Waals surface area (Å²) in [6.45, 7) is 1.98. The largest absolute Gasteiger partial charge is 0.394 e. The van der Waals surface area contributed by atoms with E-state index in [0.29, 0.717) is 20.8 Å². The third-order valence-electron chi connectivity index (χ3n) is 2.25. The van der Waals surface area contributed by atoms with Gasteiger partial charge in [-0.1, -0.05) is 36.2 Å². The Bertz CT molecular complexity index is 377. The zero-order valence-corrected chi connectivity index (χ0v) is 11.7. The summed E-state index contributed by atoms with van der Waals surface area (Å²) < 4.78 is 0. The van der Waals surface area contributed by atoms with E-state index in [1.54, 1.807) is 18.2 Å². The van der Waals surface area contributed by atoms with Crippen LogP contribution in [-0.4, -0.2) is 22.9 Å². The maximum atomic E-state index is 9.05. The van der Waals surface area contributed by atoms with Crippen molar-refractivity contribution >= 4 is 46.2 Å². The number of rotatable bonds is 4. The first kappa shape index (κ1) is 14.5. The number of benzene rings is 1. The van der Waals surface area contributed by atoms with Crippen molar-refractivity contribution in [3.63, 3.8) is 0 Å². The SMILES string of the molecule is CC[C@@H](CO)NC(=S)Nc1c(Cl)cccc1Cl. The van der Waals surface area contributed by atoms with Gasteiger partial charge in [0.25, 0.3) is 0 Å². The average Bonchev–Trinajstić information content (AvgIpc) is 2.31. The van der Waals surface area contributed by atoms with Gasteiger partial charge < -0.3 is 15.7 Å². The fourth-order valence-electron chi connectivity index (χ4n) is 1.23. The van der Waals surface area contributed by atoms with Crippen molar-refractivity contribution in [3.8, 4) is 0 Å². The van der Waals surface area contributed by atoms with E-state index in [4.69, 9.17) is 40.5 Å². The highest BCUT2D eigenvalue weighted by Crippen LogP contribution is 2.29. The fraction of sp³-hybridized carbons (Fsp3) is 0.364. The summed E-state index contributed by atoms with van der Waals surface area (Å²) in [7, 11) is 0. The van der Waals surface area contributed by atoms with Crippen LogP contribution in [0.3, 0.4) is 0 Å². The molecule has 0 spiro atoms. The maximum absolute atomic E-state index is 9.05. The Morgan fingerprint density at radius 2 is 2.00 bits per heavy atom. The van der Waals surface area contributed by atoms with Crippen molar-refractivity contribution in [1.82, 2.24) is 5.32 Å². The van der Waals surface area contributed by atoms with Gasteiger partial charge in [-0.15, -0.1) is 0 Å². The molecule has 0 aliphatic carbocycles. The van der Waals surface area contributed by atoms with Crippen molar-refractivity contribution < 1.29 is 5.11 Å².